The summed E-state index contributed by atoms with van der Waals surface area (Å²) in [6.45, 7) is 4.44. The molecule has 1 aliphatic rings. The van der Waals surface area contributed by atoms with Crippen molar-refractivity contribution in [1.82, 2.24) is 0 Å². The average Bonchev–Trinajstić information content (AvgIpc) is 3.02. The van der Waals surface area contributed by atoms with Crippen LogP contribution in [0.4, 0.5) is 0 Å². The Bertz CT molecular complexity index is 896. The second-order valence-corrected chi connectivity index (χ2v) is 9.60. The van der Waals surface area contributed by atoms with E-state index in [2.05, 4.69) is 38.1 Å². The quantitative estimate of drug-likeness (QED) is 0.300. The normalized spacial score (nSPS) is 13.5. The molecule has 0 radical (unpaired) electrons. The molecule has 2 aromatic rings. The molecule has 1 aliphatic carbocycles. The molecule has 0 aliphatic heterocycles. The summed E-state index contributed by atoms with van der Waals surface area (Å²) in [6, 6.07) is 12.3. The van der Waals surface area contributed by atoms with Crippen molar-refractivity contribution in [2.75, 3.05) is 0 Å². The van der Waals surface area contributed by atoms with Gasteiger partial charge in [0.15, 0.2) is 0 Å². The maximum absolute atomic E-state index is 11.4. The minimum absolute atomic E-state index is 0.0235. The van der Waals surface area contributed by atoms with Gasteiger partial charge >= 0.3 is 11.9 Å². The van der Waals surface area contributed by atoms with Crippen LogP contribution in [0, 0.1) is 0 Å². The summed E-state index contributed by atoms with van der Waals surface area (Å²) in [7, 11) is 0. The number of carbonyl (C=O) groups is 2. The molecule has 2 N–H and O–H groups in total. The van der Waals surface area contributed by atoms with Gasteiger partial charge in [-0.05, 0) is 46.2 Å². The number of carboxylic acids is 2. The predicted octanol–water partition coefficient (Wildman–Crippen LogP) is 7.15. The number of hydrogen-bond acceptors (Lipinski definition) is 2. The molecule has 0 fully saturated rings. The highest BCUT2D eigenvalue weighted by atomic mass is 16.4. The molecule has 0 amide bonds. The Hall–Kier alpha value is -2.62. The van der Waals surface area contributed by atoms with Crippen molar-refractivity contribution in [2.24, 2.45) is 0 Å². The smallest absolute Gasteiger partial charge is 0.307 e. The maximum atomic E-state index is 11.4. The Morgan fingerprint density at radius 3 is 1.45 bits per heavy atom. The Labute approximate surface area is 198 Å². The van der Waals surface area contributed by atoms with Crippen molar-refractivity contribution in [3.8, 4) is 11.1 Å². The second kappa shape index (κ2) is 11.5. The summed E-state index contributed by atoms with van der Waals surface area (Å²) >= 11 is 0. The highest BCUT2D eigenvalue weighted by Crippen LogP contribution is 2.54. The fourth-order valence-electron chi connectivity index (χ4n) is 5.53. The number of unbranched alkanes of at least 4 members (excludes halogenated alkanes) is 6. The summed E-state index contributed by atoms with van der Waals surface area (Å²) in [5.74, 6) is -1.63. The first-order chi connectivity index (χ1) is 15.9. The Kier molecular flexibility index (Phi) is 8.71. The number of benzene rings is 2. The second-order valence-electron chi connectivity index (χ2n) is 9.60. The van der Waals surface area contributed by atoms with Crippen molar-refractivity contribution in [3.05, 3.63) is 58.7 Å². The van der Waals surface area contributed by atoms with Crippen LogP contribution in [0.25, 0.3) is 11.1 Å². The van der Waals surface area contributed by atoms with Gasteiger partial charge in [-0.15, -0.1) is 0 Å². The average molecular weight is 451 g/mol. The minimum atomic E-state index is -0.814. The Morgan fingerprint density at radius 2 is 1.09 bits per heavy atom. The lowest BCUT2D eigenvalue weighted by Crippen LogP contribution is -2.26. The van der Waals surface area contributed by atoms with Crippen molar-refractivity contribution >= 4 is 11.9 Å². The summed E-state index contributed by atoms with van der Waals surface area (Å²) in [5.41, 5.74) is 6.37. The van der Waals surface area contributed by atoms with E-state index in [-0.39, 0.29) is 18.3 Å². The standard InChI is InChI=1S/C29H38O4/c1-3-5-7-9-15-29(16-10-8-6-4-2)25-17-21(19-27(30)31)11-13-23(25)24-14-12-22(18-26(24)29)20-28(32)33/h11-14,17-18H,3-10,15-16,19-20H2,1-2H3,(H,30,31)(H,32,33). The van der Waals surface area contributed by atoms with E-state index in [1.807, 2.05) is 12.1 Å². The molecule has 4 heteroatoms. The molecule has 0 spiro atoms. The van der Waals surface area contributed by atoms with Crippen LogP contribution < -0.4 is 0 Å². The molecule has 0 atom stereocenters. The fraction of sp³-hybridized carbons (Fsp3) is 0.517. The number of carboxylic acid groups (broad SMARTS) is 2. The van der Waals surface area contributed by atoms with Gasteiger partial charge in [0.25, 0.3) is 0 Å². The summed E-state index contributed by atoms with van der Waals surface area (Å²) in [6.07, 6.45) is 11.5. The monoisotopic (exact) mass is 450 g/mol. The number of fused-ring (bicyclic) bond motifs is 3. The molecule has 178 valence electrons. The van der Waals surface area contributed by atoms with E-state index in [0.717, 1.165) is 36.8 Å². The zero-order valence-corrected chi connectivity index (χ0v) is 20.2. The first kappa shape index (κ1) is 25.0. The van der Waals surface area contributed by atoms with Crippen LogP contribution in [0.1, 0.15) is 100 Å². The van der Waals surface area contributed by atoms with Crippen molar-refractivity contribution in [1.29, 1.82) is 0 Å². The molecule has 33 heavy (non-hydrogen) atoms. The molecule has 0 aromatic heterocycles. The van der Waals surface area contributed by atoms with E-state index >= 15 is 0 Å². The molecule has 0 heterocycles. The molecule has 0 unspecified atom stereocenters. The van der Waals surface area contributed by atoms with E-state index in [0.29, 0.717) is 0 Å². The van der Waals surface area contributed by atoms with Gasteiger partial charge in [0, 0.05) is 5.41 Å². The first-order valence-electron chi connectivity index (χ1n) is 12.6. The van der Waals surface area contributed by atoms with Crippen LogP contribution in [0.3, 0.4) is 0 Å². The highest BCUT2D eigenvalue weighted by Gasteiger charge is 2.42. The highest BCUT2D eigenvalue weighted by molar-refractivity contribution is 5.83. The van der Waals surface area contributed by atoms with Gasteiger partial charge < -0.3 is 10.2 Å². The van der Waals surface area contributed by atoms with Gasteiger partial charge in [-0.2, -0.15) is 0 Å². The summed E-state index contributed by atoms with van der Waals surface area (Å²) in [5, 5.41) is 18.8. The third kappa shape index (κ3) is 5.85. The molecule has 3 rings (SSSR count). The lowest BCUT2D eigenvalue weighted by Gasteiger charge is -2.33. The van der Waals surface area contributed by atoms with Gasteiger partial charge in [0.05, 0.1) is 12.8 Å². The Morgan fingerprint density at radius 1 is 0.667 bits per heavy atom. The molecule has 0 saturated heterocycles. The molecular weight excluding hydrogens is 412 g/mol. The molecule has 0 saturated carbocycles. The summed E-state index contributed by atoms with van der Waals surface area (Å²) in [4.78, 5) is 22.9. The number of aliphatic carboxylic acids is 2. The van der Waals surface area contributed by atoms with Crippen LogP contribution in [0.5, 0.6) is 0 Å². The molecule has 4 nitrogen and oxygen atoms in total. The van der Waals surface area contributed by atoms with Gasteiger partial charge in [0.1, 0.15) is 0 Å². The van der Waals surface area contributed by atoms with Crippen molar-refractivity contribution in [2.45, 2.75) is 96.3 Å². The number of rotatable bonds is 14. The zero-order chi connectivity index (χ0) is 23.8. The van der Waals surface area contributed by atoms with Gasteiger partial charge in [-0.25, -0.2) is 0 Å². The first-order valence-corrected chi connectivity index (χ1v) is 12.6. The van der Waals surface area contributed by atoms with Gasteiger partial charge in [-0.1, -0.05) is 102 Å². The van der Waals surface area contributed by atoms with Crippen molar-refractivity contribution in [3.63, 3.8) is 0 Å². The third-order valence-electron chi connectivity index (χ3n) is 7.11. The van der Waals surface area contributed by atoms with Crippen molar-refractivity contribution < 1.29 is 19.8 Å². The van der Waals surface area contributed by atoms with E-state index in [1.165, 1.54) is 60.8 Å². The van der Waals surface area contributed by atoms with E-state index in [1.54, 1.807) is 0 Å². The SMILES string of the molecule is CCCCCCC1(CCCCCC)c2cc(CC(=O)O)ccc2-c2ccc(CC(=O)O)cc21. The lowest BCUT2D eigenvalue weighted by atomic mass is 9.70. The minimum Gasteiger partial charge on any atom is -0.481 e. The van der Waals surface area contributed by atoms with E-state index < -0.39 is 11.9 Å². The zero-order valence-electron chi connectivity index (χ0n) is 20.2. The largest absolute Gasteiger partial charge is 0.481 e. The third-order valence-corrected chi connectivity index (χ3v) is 7.11. The number of hydrogen-bond donors (Lipinski definition) is 2. The van der Waals surface area contributed by atoms with Gasteiger partial charge in [0.2, 0.25) is 0 Å². The predicted molar refractivity (Wildman–Crippen MR) is 133 cm³/mol. The van der Waals surface area contributed by atoms with Crippen LogP contribution in [-0.4, -0.2) is 22.2 Å². The van der Waals surface area contributed by atoms with Gasteiger partial charge in [-0.3, -0.25) is 9.59 Å². The molecule has 2 aromatic carbocycles. The summed E-state index contributed by atoms with van der Waals surface area (Å²) < 4.78 is 0. The lowest BCUT2D eigenvalue weighted by molar-refractivity contribution is -0.137. The van der Waals surface area contributed by atoms with Crippen LogP contribution >= 0.6 is 0 Å². The van der Waals surface area contributed by atoms with Crippen LogP contribution in [0.15, 0.2) is 36.4 Å². The van der Waals surface area contributed by atoms with Crippen LogP contribution in [-0.2, 0) is 27.8 Å². The topological polar surface area (TPSA) is 74.6 Å². The Balaban J connectivity index is 2.11. The van der Waals surface area contributed by atoms with Crippen LogP contribution in [0.2, 0.25) is 0 Å². The maximum Gasteiger partial charge on any atom is 0.307 e. The molecule has 0 bridgehead atoms. The van der Waals surface area contributed by atoms with E-state index in [4.69, 9.17) is 0 Å². The fourth-order valence-corrected chi connectivity index (χ4v) is 5.53. The molecular formula is C29H38O4. The van der Waals surface area contributed by atoms with E-state index in [9.17, 15) is 19.8 Å².